The van der Waals surface area contributed by atoms with Gasteiger partial charge < -0.3 is 10.6 Å². The lowest BCUT2D eigenvalue weighted by Gasteiger charge is -2.17. The molecule has 1 aromatic heterocycles. The predicted octanol–water partition coefficient (Wildman–Crippen LogP) is 0.626. The van der Waals surface area contributed by atoms with Gasteiger partial charge in [-0.1, -0.05) is 0 Å². The van der Waals surface area contributed by atoms with Crippen LogP contribution in [-0.4, -0.2) is 40.8 Å². The van der Waals surface area contributed by atoms with Crippen LogP contribution in [0.25, 0.3) is 0 Å². The summed E-state index contributed by atoms with van der Waals surface area (Å²) in [4.78, 5) is 11.9. The second kappa shape index (κ2) is 3.79. The Kier molecular flexibility index (Phi) is 2.87. The van der Waals surface area contributed by atoms with Crippen LogP contribution < -0.4 is 5.73 Å². The van der Waals surface area contributed by atoms with Gasteiger partial charge in [-0.25, -0.2) is 0 Å². The molecule has 0 radical (unpaired) electrons. The van der Waals surface area contributed by atoms with Crippen molar-refractivity contribution in [3.05, 3.63) is 11.8 Å². The fraction of sp³-hybridized carbons (Fsp3) is 0.429. The number of aromatic nitrogens is 2. The summed E-state index contributed by atoms with van der Waals surface area (Å²) in [7, 11) is 1.05. The first-order chi connectivity index (χ1) is 6.79. The summed E-state index contributed by atoms with van der Waals surface area (Å²) in [5, 5.41) is 5.68. The highest BCUT2D eigenvalue weighted by atomic mass is 19.4. The largest absolute Gasteiger partial charge is 0.406 e. The number of hydrogen-bond donors (Lipinski definition) is 2. The first-order valence-corrected chi connectivity index (χ1v) is 3.92. The third kappa shape index (κ3) is 3.15. The summed E-state index contributed by atoms with van der Waals surface area (Å²) in [5.41, 5.74) is 5.14. The Morgan fingerprint density at radius 2 is 2.27 bits per heavy atom. The number of amides is 1. The van der Waals surface area contributed by atoms with Crippen LogP contribution in [0.5, 0.6) is 0 Å². The van der Waals surface area contributed by atoms with E-state index in [9.17, 15) is 18.0 Å². The fourth-order valence-corrected chi connectivity index (χ4v) is 0.993. The maximum Gasteiger partial charge on any atom is 0.406 e. The van der Waals surface area contributed by atoms with E-state index in [0.29, 0.717) is 4.90 Å². The average molecular weight is 222 g/mol. The number of rotatable bonds is 2. The molecule has 0 aliphatic heterocycles. The number of nitrogen functional groups attached to an aromatic ring is 1. The monoisotopic (exact) mass is 222 g/mol. The van der Waals surface area contributed by atoms with E-state index in [1.54, 1.807) is 0 Å². The highest BCUT2D eigenvalue weighted by Crippen LogP contribution is 2.16. The molecule has 0 unspecified atom stereocenters. The lowest BCUT2D eigenvalue weighted by atomic mass is 10.3. The lowest BCUT2D eigenvalue weighted by Crippen LogP contribution is -2.35. The molecule has 84 valence electrons. The number of halogens is 3. The van der Waals surface area contributed by atoms with Gasteiger partial charge in [0.1, 0.15) is 18.1 Å². The zero-order valence-corrected chi connectivity index (χ0v) is 7.80. The van der Waals surface area contributed by atoms with Crippen molar-refractivity contribution in [2.24, 2.45) is 0 Å². The summed E-state index contributed by atoms with van der Waals surface area (Å²) in [5.74, 6) is -0.754. The second-order valence-corrected chi connectivity index (χ2v) is 2.98. The normalized spacial score (nSPS) is 11.5. The van der Waals surface area contributed by atoms with Gasteiger partial charge in [0, 0.05) is 13.1 Å². The van der Waals surface area contributed by atoms with E-state index in [1.807, 2.05) is 0 Å². The summed E-state index contributed by atoms with van der Waals surface area (Å²) in [6.07, 6.45) is -4.42. The Labute approximate surface area is 83.0 Å². The molecule has 1 amide bonds. The molecule has 0 bridgehead atoms. The number of nitrogens with two attached hydrogens (primary N) is 1. The van der Waals surface area contributed by atoms with Gasteiger partial charge in [-0.05, 0) is 0 Å². The molecule has 15 heavy (non-hydrogen) atoms. The SMILES string of the molecule is CN(CC(F)(F)F)C(=O)c1cc(N)n[nH]1. The van der Waals surface area contributed by atoms with Crippen molar-refractivity contribution in [2.75, 3.05) is 19.3 Å². The van der Waals surface area contributed by atoms with Crippen LogP contribution in [0, 0.1) is 0 Å². The molecule has 8 heteroatoms. The minimum absolute atomic E-state index is 0.0544. The van der Waals surface area contributed by atoms with Gasteiger partial charge in [0.05, 0.1) is 0 Å². The predicted molar refractivity (Wildman–Crippen MR) is 46.0 cm³/mol. The molecule has 1 rings (SSSR count). The van der Waals surface area contributed by atoms with Gasteiger partial charge in [0.15, 0.2) is 0 Å². The topological polar surface area (TPSA) is 75.0 Å². The summed E-state index contributed by atoms with van der Waals surface area (Å²) < 4.78 is 35.8. The molecule has 5 nitrogen and oxygen atoms in total. The second-order valence-electron chi connectivity index (χ2n) is 2.98. The quantitative estimate of drug-likeness (QED) is 0.770. The van der Waals surface area contributed by atoms with E-state index in [-0.39, 0.29) is 11.5 Å². The highest BCUT2D eigenvalue weighted by Gasteiger charge is 2.31. The number of nitrogens with one attached hydrogen (secondary N) is 1. The molecule has 3 N–H and O–H groups in total. The van der Waals surface area contributed by atoms with Gasteiger partial charge in [-0.2, -0.15) is 18.3 Å². The van der Waals surface area contributed by atoms with E-state index < -0.39 is 18.6 Å². The lowest BCUT2D eigenvalue weighted by molar-refractivity contribution is -0.138. The summed E-state index contributed by atoms with van der Waals surface area (Å²) in [6, 6.07) is 1.18. The minimum Gasteiger partial charge on any atom is -0.382 e. The number of carbonyl (C=O) groups excluding carboxylic acids is 1. The smallest absolute Gasteiger partial charge is 0.382 e. The number of aromatic amines is 1. The van der Waals surface area contributed by atoms with Crippen molar-refractivity contribution < 1.29 is 18.0 Å². The van der Waals surface area contributed by atoms with E-state index in [2.05, 4.69) is 10.2 Å². The Balaban J connectivity index is 2.69. The molecule has 0 spiro atoms. The molecular formula is C7H9F3N4O. The van der Waals surface area contributed by atoms with Crippen LogP contribution >= 0.6 is 0 Å². The first-order valence-electron chi connectivity index (χ1n) is 3.92. The maximum absolute atomic E-state index is 11.9. The van der Waals surface area contributed by atoms with Gasteiger partial charge in [0.25, 0.3) is 5.91 Å². The van der Waals surface area contributed by atoms with Crippen molar-refractivity contribution in [1.82, 2.24) is 15.1 Å². The van der Waals surface area contributed by atoms with Crippen LogP contribution in [0.2, 0.25) is 0 Å². The number of anilines is 1. The average Bonchev–Trinajstić information content (AvgIpc) is 2.47. The molecular weight excluding hydrogens is 213 g/mol. The molecule has 0 fully saturated rings. The maximum atomic E-state index is 11.9. The highest BCUT2D eigenvalue weighted by molar-refractivity contribution is 5.92. The summed E-state index contributed by atoms with van der Waals surface area (Å²) >= 11 is 0. The molecule has 1 aromatic rings. The van der Waals surface area contributed by atoms with Crippen LogP contribution in [0.1, 0.15) is 10.5 Å². The van der Waals surface area contributed by atoms with Crippen molar-refractivity contribution >= 4 is 11.7 Å². The van der Waals surface area contributed by atoms with Crippen LogP contribution in [0.4, 0.5) is 19.0 Å². The van der Waals surface area contributed by atoms with Gasteiger partial charge in [0.2, 0.25) is 0 Å². The number of alkyl halides is 3. The summed E-state index contributed by atoms with van der Waals surface area (Å²) in [6.45, 7) is -1.31. The van der Waals surface area contributed by atoms with Gasteiger partial charge >= 0.3 is 6.18 Å². The molecule has 0 atom stereocenters. The molecule has 0 saturated heterocycles. The third-order valence-electron chi connectivity index (χ3n) is 1.59. The van der Waals surface area contributed by atoms with Crippen LogP contribution in [0.3, 0.4) is 0 Å². The molecule has 0 saturated carbocycles. The van der Waals surface area contributed by atoms with E-state index in [0.717, 1.165) is 7.05 Å². The van der Waals surface area contributed by atoms with E-state index in [1.165, 1.54) is 6.07 Å². The Morgan fingerprint density at radius 1 is 1.67 bits per heavy atom. The van der Waals surface area contributed by atoms with Gasteiger partial charge in [-0.15, -0.1) is 0 Å². The van der Waals surface area contributed by atoms with Crippen molar-refractivity contribution in [2.45, 2.75) is 6.18 Å². The minimum atomic E-state index is -4.42. The van der Waals surface area contributed by atoms with E-state index in [4.69, 9.17) is 5.73 Å². The van der Waals surface area contributed by atoms with Crippen molar-refractivity contribution in [3.63, 3.8) is 0 Å². The Hall–Kier alpha value is -1.73. The van der Waals surface area contributed by atoms with Crippen LogP contribution in [0.15, 0.2) is 6.07 Å². The number of nitrogens with zero attached hydrogens (tertiary/aromatic N) is 2. The third-order valence-corrected chi connectivity index (χ3v) is 1.59. The van der Waals surface area contributed by atoms with Crippen molar-refractivity contribution in [1.29, 1.82) is 0 Å². The first kappa shape index (κ1) is 11.3. The standard InChI is InChI=1S/C7H9F3N4O/c1-14(3-7(8,9)10)6(15)4-2-5(11)13-12-4/h2H,3H2,1H3,(H3,11,12,13). The Morgan fingerprint density at radius 3 is 2.67 bits per heavy atom. The molecule has 0 aromatic carbocycles. The number of hydrogen-bond acceptors (Lipinski definition) is 3. The van der Waals surface area contributed by atoms with Crippen molar-refractivity contribution in [3.8, 4) is 0 Å². The van der Waals surface area contributed by atoms with Gasteiger partial charge in [-0.3, -0.25) is 9.89 Å². The Bertz CT molecular complexity index is 359. The number of carbonyl (C=O) groups is 1. The fourth-order valence-electron chi connectivity index (χ4n) is 0.993. The van der Waals surface area contributed by atoms with Crippen LogP contribution in [-0.2, 0) is 0 Å². The molecule has 1 heterocycles. The number of H-pyrrole nitrogens is 1. The zero-order chi connectivity index (χ0) is 11.6. The molecule has 0 aliphatic rings. The van der Waals surface area contributed by atoms with E-state index >= 15 is 0 Å². The zero-order valence-electron chi connectivity index (χ0n) is 7.80. The molecule has 0 aliphatic carbocycles.